The molecule has 0 aromatic carbocycles. The highest BCUT2D eigenvalue weighted by atomic mass is 32.1. The number of halogens is 3. The van der Waals surface area contributed by atoms with Gasteiger partial charge in [-0.15, -0.1) is 16.4 Å². The van der Waals surface area contributed by atoms with E-state index in [4.69, 9.17) is 0 Å². The lowest BCUT2D eigenvalue weighted by Gasteiger charge is -2.12. The zero-order chi connectivity index (χ0) is 13.2. The summed E-state index contributed by atoms with van der Waals surface area (Å²) in [6.45, 7) is 2.51. The molecule has 0 saturated heterocycles. The van der Waals surface area contributed by atoms with Crippen molar-refractivity contribution in [3.8, 4) is 0 Å². The van der Waals surface area contributed by atoms with Crippen molar-refractivity contribution in [2.75, 3.05) is 6.54 Å². The quantitative estimate of drug-likeness (QED) is 0.942. The van der Waals surface area contributed by atoms with Crippen molar-refractivity contribution < 1.29 is 13.2 Å². The minimum Gasteiger partial charge on any atom is -0.305 e. The van der Waals surface area contributed by atoms with Gasteiger partial charge in [0, 0.05) is 11.1 Å². The Hall–Kier alpha value is -1.06. The zero-order valence-electron chi connectivity index (χ0n) is 9.23. The highest BCUT2D eigenvalue weighted by Gasteiger charge is 2.35. The molecule has 2 aromatic heterocycles. The van der Waals surface area contributed by atoms with Crippen LogP contribution in [-0.4, -0.2) is 21.1 Å². The predicted molar refractivity (Wildman–Crippen MR) is 62.5 cm³/mol. The number of alkyl halides is 3. The topological polar surface area (TPSA) is 50.7 Å². The summed E-state index contributed by atoms with van der Waals surface area (Å²) in [6.07, 6.45) is -1.60. The van der Waals surface area contributed by atoms with Crippen molar-refractivity contribution in [3.05, 3.63) is 27.2 Å². The number of aromatic nitrogens is 3. The molecule has 2 heterocycles. The van der Waals surface area contributed by atoms with Crippen molar-refractivity contribution in [2.24, 2.45) is 0 Å². The van der Waals surface area contributed by atoms with E-state index in [0.29, 0.717) is 22.8 Å². The fourth-order valence-electron chi connectivity index (χ4n) is 1.40. The van der Waals surface area contributed by atoms with Crippen LogP contribution >= 0.6 is 22.9 Å². The van der Waals surface area contributed by atoms with E-state index < -0.39 is 11.2 Å². The van der Waals surface area contributed by atoms with E-state index >= 15 is 0 Å². The molecule has 0 fully saturated rings. The normalized spacial score (nSPS) is 13.8. The third-order valence-corrected chi connectivity index (χ3v) is 3.96. The van der Waals surface area contributed by atoms with Gasteiger partial charge in [0.15, 0.2) is 5.01 Å². The van der Waals surface area contributed by atoms with Gasteiger partial charge in [-0.25, -0.2) is 4.98 Å². The molecule has 0 amide bonds. The molecule has 2 rings (SSSR count). The molecule has 1 atom stereocenters. The largest absolute Gasteiger partial charge is 0.443 e. The van der Waals surface area contributed by atoms with Gasteiger partial charge in [-0.1, -0.05) is 11.4 Å². The number of nitrogens with one attached hydrogen (secondary N) is 1. The van der Waals surface area contributed by atoms with Gasteiger partial charge in [-0.2, -0.15) is 13.2 Å². The second-order valence-corrected chi connectivity index (χ2v) is 5.26. The Morgan fingerprint density at radius 1 is 1.33 bits per heavy atom. The summed E-state index contributed by atoms with van der Waals surface area (Å²) in [4.78, 5) is 4.70. The molecule has 4 nitrogen and oxygen atoms in total. The van der Waals surface area contributed by atoms with Gasteiger partial charge in [0.2, 0.25) is 0 Å². The Bertz CT molecular complexity index is 494. The molecule has 0 radical (unpaired) electrons. The number of hydrogen-bond acceptors (Lipinski definition) is 6. The smallest absolute Gasteiger partial charge is 0.305 e. The van der Waals surface area contributed by atoms with Crippen LogP contribution in [0.1, 0.15) is 27.7 Å². The summed E-state index contributed by atoms with van der Waals surface area (Å²) >= 11 is 1.80. The third-order valence-electron chi connectivity index (χ3n) is 2.12. The zero-order valence-corrected chi connectivity index (χ0v) is 10.9. The molecule has 0 aliphatic heterocycles. The van der Waals surface area contributed by atoms with Crippen LogP contribution in [-0.2, 0) is 6.18 Å². The van der Waals surface area contributed by atoms with Gasteiger partial charge in [0.05, 0.1) is 17.1 Å². The van der Waals surface area contributed by atoms with E-state index in [1.54, 1.807) is 6.20 Å². The van der Waals surface area contributed by atoms with Gasteiger partial charge in [0.1, 0.15) is 0 Å². The monoisotopic (exact) mass is 294 g/mol. The fourth-order valence-corrected chi connectivity index (χ4v) is 2.95. The van der Waals surface area contributed by atoms with Gasteiger partial charge in [-0.3, -0.25) is 0 Å². The van der Waals surface area contributed by atoms with Crippen LogP contribution in [0.15, 0.2) is 12.4 Å². The lowest BCUT2D eigenvalue weighted by atomic mass is 10.2. The maximum atomic E-state index is 12.5. The highest BCUT2D eigenvalue weighted by molar-refractivity contribution is 7.12. The van der Waals surface area contributed by atoms with Crippen molar-refractivity contribution in [2.45, 2.75) is 19.1 Å². The third kappa shape index (κ3) is 2.85. The average molecular weight is 294 g/mol. The van der Waals surface area contributed by atoms with Crippen LogP contribution in [0.3, 0.4) is 0 Å². The van der Waals surface area contributed by atoms with Crippen molar-refractivity contribution in [1.29, 1.82) is 0 Å². The van der Waals surface area contributed by atoms with Crippen LogP contribution in [0.4, 0.5) is 13.2 Å². The van der Waals surface area contributed by atoms with Crippen molar-refractivity contribution >= 4 is 22.9 Å². The van der Waals surface area contributed by atoms with Crippen molar-refractivity contribution in [1.82, 2.24) is 19.9 Å². The minimum absolute atomic E-state index is 0.330. The molecule has 0 bridgehead atoms. The summed E-state index contributed by atoms with van der Waals surface area (Å²) in [5, 5.41) is 5.96. The molecule has 0 spiro atoms. The van der Waals surface area contributed by atoms with Gasteiger partial charge in [-0.05, 0) is 18.1 Å². The predicted octanol–water partition coefficient (Wildman–Crippen LogP) is 2.71. The Morgan fingerprint density at radius 2 is 2.11 bits per heavy atom. The second-order valence-electron chi connectivity index (χ2n) is 3.38. The second kappa shape index (κ2) is 5.29. The van der Waals surface area contributed by atoms with E-state index in [1.165, 1.54) is 6.20 Å². The summed E-state index contributed by atoms with van der Waals surface area (Å²) in [5.41, 5.74) is 0. The van der Waals surface area contributed by atoms with Crippen LogP contribution in [0.25, 0.3) is 0 Å². The van der Waals surface area contributed by atoms with E-state index in [0.717, 1.165) is 16.4 Å². The van der Waals surface area contributed by atoms with Crippen LogP contribution < -0.4 is 5.32 Å². The Kier molecular flexibility index (Phi) is 3.93. The highest BCUT2D eigenvalue weighted by Crippen LogP contribution is 2.36. The summed E-state index contributed by atoms with van der Waals surface area (Å²) in [5.74, 6) is 0. The van der Waals surface area contributed by atoms with E-state index in [-0.39, 0.29) is 6.04 Å². The van der Waals surface area contributed by atoms with E-state index in [1.807, 2.05) is 6.92 Å². The molecule has 0 saturated carbocycles. The molecule has 9 heteroatoms. The van der Waals surface area contributed by atoms with E-state index in [2.05, 4.69) is 19.9 Å². The number of thiazole rings is 1. The lowest BCUT2D eigenvalue weighted by molar-refractivity contribution is -0.137. The maximum absolute atomic E-state index is 12.5. The van der Waals surface area contributed by atoms with Gasteiger partial charge < -0.3 is 5.32 Å². The molecular weight excluding hydrogens is 285 g/mol. The minimum atomic E-state index is -4.40. The molecule has 1 unspecified atom stereocenters. The first-order valence-corrected chi connectivity index (χ1v) is 6.65. The molecule has 0 aliphatic rings. The molecule has 18 heavy (non-hydrogen) atoms. The first-order valence-electron chi connectivity index (χ1n) is 5.06. The number of nitrogens with zero attached hydrogens (tertiary/aromatic N) is 3. The molecular formula is C9H9F3N4S2. The average Bonchev–Trinajstić information content (AvgIpc) is 2.96. The number of hydrogen-bond donors (Lipinski definition) is 1. The first kappa shape index (κ1) is 13.4. The van der Waals surface area contributed by atoms with Crippen LogP contribution in [0, 0.1) is 0 Å². The van der Waals surface area contributed by atoms with Crippen LogP contribution in [0.2, 0.25) is 0 Å². The van der Waals surface area contributed by atoms with E-state index in [9.17, 15) is 13.2 Å². The fraction of sp³-hybridized carbons (Fsp3) is 0.444. The van der Waals surface area contributed by atoms with Crippen molar-refractivity contribution in [3.63, 3.8) is 0 Å². The first-order chi connectivity index (χ1) is 8.52. The summed E-state index contributed by atoms with van der Waals surface area (Å²) < 4.78 is 41.2. The molecule has 1 N–H and O–H groups in total. The Balaban J connectivity index is 2.29. The Labute approximate surface area is 109 Å². The number of rotatable bonds is 4. The van der Waals surface area contributed by atoms with Gasteiger partial charge >= 0.3 is 6.18 Å². The molecule has 2 aromatic rings. The standard InChI is InChI=1S/C9H9F3N4S2/c1-2-13-7(6-4-15-16-18-6)5-3-14-8(17-5)9(10,11)12/h3-4,7,13H,2H2,1H3. The molecule has 0 aliphatic carbocycles. The maximum Gasteiger partial charge on any atom is 0.443 e. The Morgan fingerprint density at radius 3 is 2.61 bits per heavy atom. The lowest BCUT2D eigenvalue weighted by Crippen LogP contribution is -2.20. The molecule has 98 valence electrons. The SMILES string of the molecule is CCNC(c1cnns1)c1cnc(C(F)(F)F)s1. The van der Waals surface area contributed by atoms with Gasteiger partial charge in [0.25, 0.3) is 0 Å². The summed E-state index contributed by atoms with van der Waals surface area (Å²) in [6, 6.07) is -0.330. The van der Waals surface area contributed by atoms with Crippen LogP contribution in [0.5, 0.6) is 0 Å². The summed E-state index contributed by atoms with van der Waals surface area (Å²) in [7, 11) is 0.